The van der Waals surface area contributed by atoms with Gasteiger partial charge in [-0.1, -0.05) is 31.5 Å². The Hall–Kier alpha value is -2.35. The van der Waals surface area contributed by atoms with Gasteiger partial charge >= 0.3 is 0 Å². The molecule has 0 aliphatic carbocycles. The van der Waals surface area contributed by atoms with E-state index in [2.05, 4.69) is 18.7 Å². The number of hydrogen-bond acceptors (Lipinski definition) is 6. The number of aliphatic hydroxyl groups is 1. The standard InChI is InChI=1S/C22H25ClN2O4S/c1-4-24(5-2)10-11-25-19(17-7-6-12-30-17)18(21(27)22(25)28)20(26)14-8-9-15(23)16(13-14)29-3/h6-9,12-13,19,26H,4-5,10-11H2,1-3H3/b20-18-. The van der Waals surface area contributed by atoms with Gasteiger partial charge in [0.25, 0.3) is 11.7 Å². The van der Waals surface area contributed by atoms with Crippen LogP contribution in [0.15, 0.2) is 41.3 Å². The van der Waals surface area contributed by atoms with Crippen molar-refractivity contribution in [1.82, 2.24) is 9.80 Å². The Morgan fingerprint density at radius 1 is 1.27 bits per heavy atom. The van der Waals surface area contributed by atoms with Gasteiger partial charge in [0.05, 0.1) is 23.7 Å². The van der Waals surface area contributed by atoms with Crippen molar-refractivity contribution < 1.29 is 19.4 Å². The maximum atomic E-state index is 13.0. The molecular weight excluding hydrogens is 424 g/mol. The number of likely N-dealkylation sites (N-methyl/N-ethyl adjacent to an activating group) is 1. The van der Waals surface area contributed by atoms with Crippen molar-refractivity contribution in [3.8, 4) is 5.75 Å². The molecule has 1 aliphatic heterocycles. The molecule has 0 spiro atoms. The third-order valence-electron chi connectivity index (χ3n) is 5.33. The molecule has 1 aliphatic rings. The van der Waals surface area contributed by atoms with Gasteiger partial charge in [-0.15, -0.1) is 11.3 Å². The van der Waals surface area contributed by atoms with Gasteiger partial charge in [-0.25, -0.2) is 0 Å². The van der Waals surface area contributed by atoms with E-state index in [0.29, 0.717) is 29.4 Å². The Balaban J connectivity index is 2.06. The lowest BCUT2D eigenvalue weighted by Gasteiger charge is -2.27. The Bertz CT molecular complexity index is 954. The molecule has 160 valence electrons. The van der Waals surface area contributed by atoms with Crippen molar-refractivity contribution in [2.75, 3.05) is 33.3 Å². The van der Waals surface area contributed by atoms with Crippen LogP contribution in [0.5, 0.6) is 5.75 Å². The molecule has 1 amide bonds. The normalized spacial score (nSPS) is 18.4. The first kappa shape index (κ1) is 22.3. The Morgan fingerprint density at radius 3 is 2.60 bits per heavy atom. The van der Waals surface area contributed by atoms with Crippen molar-refractivity contribution in [3.63, 3.8) is 0 Å². The molecule has 1 fully saturated rings. The number of carbonyl (C=O) groups excluding carboxylic acids is 2. The number of aliphatic hydroxyl groups excluding tert-OH is 1. The van der Waals surface area contributed by atoms with Gasteiger partial charge in [0, 0.05) is 23.5 Å². The second-order valence-electron chi connectivity index (χ2n) is 6.88. The van der Waals surface area contributed by atoms with Crippen LogP contribution >= 0.6 is 22.9 Å². The topological polar surface area (TPSA) is 70.1 Å². The first-order valence-corrected chi connectivity index (χ1v) is 11.1. The predicted octanol–water partition coefficient (Wildman–Crippen LogP) is 4.17. The number of thiophene rings is 1. The number of hydrogen-bond donors (Lipinski definition) is 1. The number of halogens is 1. The van der Waals surface area contributed by atoms with Crippen LogP contribution in [0.1, 0.15) is 30.3 Å². The van der Waals surface area contributed by atoms with Crippen LogP contribution in [0.25, 0.3) is 5.76 Å². The summed E-state index contributed by atoms with van der Waals surface area (Å²) in [7, 11) is 1.48. The Kier molecular flexibility index (Phi) is 7.18. The zero-order valence-corrected chi connectivity index (χ0v) is 18.8. The van der Waals surface area contributed by atoms with Gasteiger partial charge in [-0.05, 0) is 42.7 Å². The molecular formula is C22H25ClN2O4S. The molecule has 2 aromatic rings. The van der Waals surface area contributed by atoms with E-state index in [1.807, 2.05) is 17.5 Å². The van der Waals surface area contributed by atoms with Crippen molar-refractivity contribution in [1.29, 1.82) is 0 Å². The fourth-order valence-electron chi connectivity index (χ4n) is 3.60. The van der Waals surface area contributed by atoms with Crippen molar-refractivity contribution in [2.45, 2.75) is 19.9 Å². The number of ether oxygens (including phenoxy) is 1. The molecule has 0 radical (unpaired) electrons. The van der Waals surface area contributed by atoms with Crippen LogP contribution in [-0.2, 0) is 9.59 Å². The summed E-state index contributed by atoms with van der Waals surface area (Å²) in [5, 5.41) is 13.3. The number of ketones is 1. The molecule has 3 rings (SSSR count). The molecule has 6 nitrogen and oxygen atoms in total. The molecule has 0 bridgehead atoms. The van der Waals surface area contributed by atoms with E-state index in [1.165, 1.54) is 18.4 Å². The summed E-state index contributed by atoms with van der Waals surface area (Å²) < 4.78 is 5.22. The van der Waals surface area contributed by atoms with Gasteiger partial charge < -0.3 is 19.6 Å². The third kappa shape index (κ3) is 4.24. The van der Waals surface area contributed by atoms with Gasteiger partial charge in [0.2, 0.25) is 0 Å². The number of methoxy groups -OCH3 is 1. The first-order valence-electron chi connectivity index (χ1n) is 9.80. The monoisotopic (exact) mass is 448 g/mol. The smallest absolute Gasteiger partial charge is 0.295 e. The maximum Gasteiger partial charge on any atom is 0.295 e. The summed E-state index contributed by atoms with van der Waals surface area (Å²) >= 11 is 7.54. The SMILES string of the molecule is CCN(CC)CCN1C(=O)C(=O)/C(=C(\O)c2ccc(Cl)c(OC)c2)C1c1cccs1. The maximum absolute atomic E-state index is 13.0. The van der Waals surface area contributed by atoms with Gasteiger partial charge in [-0.3, -0.25) is 9.59 Å². The number of nitrogens with zero attached hydrogens (tertiary/aromatic N) is 2. The van der Waals surface area contributed by atoms with Crippen molar-refractivity contribution >= 4 is 40.4 Å². The minimum Gasteiger partial charge on any atom is -0.507 e. The Labute approximate surface area is 185 Å². The number of carbonyl (C=O) groups is 2. The molecule has 2 heterocycles. The number of Topliss-reactive ketones (excluding diaryl/α,β-unsaturated/α-hetero) is 1. The summed E-state index contributed by atoms with van der Waals surface area (Å²) in [6.07, 6.45) is 0. The number of benzene rings is 1. The number of likely N-dealkylation sites (tertiary alicyclic amines) is 1. The quantitative estimate of drug-likeness (QED) is 0.373. The van der Waals surface area contributed by atoms with Gasteiger partial charge in [0.15, 0.2) is 0 Å². The summed E-state index contributed by atoms with van der Waals surface area (Å²) in [4.78, 5) is 30.4. The van der Waals surface area contributed by atoms with Gasteiger partial charge in [0.1, 0.15) is 11.5 Å². The number of rotatable bonds is 8. The van der Waals surface area contributed by atoms with Crippen LogP contribution < -0.4 is 4.74 Å². The van der Waals surface area contributed by atoms with Gasteiger partial charge in [-0.2, -0.15) is 0 Å². The molecule has 1 N–H and O–H groups in total. The molecule has 30 heavy (non-hydrogen) atoms. The lowest BCUT2D eigenvalue weighted by molar-refractivity contribution is -0.140. The first-order chi connectivity index (χ1) is 14.4. The highest BCUT2D eigenvalue weighted by Gasteiger charge is 2.46. The highest BCUT2D eigenvalue weighted by atomic mass is 35.5. The van der Waals surface area contributed by atoms with E-state index in [0.717, 1.165) is 18.0 Å². The second kappa shape index (κ2) is 9.64. The molecule has 1 saturated heterocycles. The third-order valence-corrected chi connectivity index (χ3v) is 6.57. The lowest BCUT2D eigenvalue weighted by atomic mass is 9.99. The molecule has 1 aromatic carbocycles. The van der Waals surface area contributed by atoms with Crippen LogP contribution in [-0.4, -0.2) is 59.9 Å². The van der Waals surface area contributed by atoms with Crippen LogP contribution in [0.4, 0.5) is 0 Å². The summed E-state index contributed by atoms with van der Waals surface area (Å²) in [5.74, 6) is -1.13. The molecule has 1 unspecified atom stereocenters. The zero-order valence-electron chi connectivity index (χ0n) is 17.2. The predicted molar refractivity (Wildman–Crippen MR) is 119 cm³/mol. The van der Waals surface area contributed by atoms with Crippen LogP contribution in [0, 0.1) is 0 Å². The van der Waals surface area contributed by atoms with E-state index in [-0.39, 0.29) is 11.3 Å². The largest absolute Gasteiger partial charge is 0.507 e. The highest BCUT2D eigenvalue weighted by Crippen LogP contribution is 2.41. The minimum atomic E-state index is -0.681. The minimum absolute atomic E-state index is 0.0892. The summed E-state index contributed by atoms with van der Waals surface area (Å²) in [6, 6.07) is 7.88. The van der Waals surface area contributed by atoms with E-state index < -0.39 is 17.7 Å². The summed E-state index contributed by atoms with van der Waals surface area (Å²) in [6.45, 7) is 6.88. The van der Waals surface area contributed by atoms with E-state index in [1.54, 1.807) is 23.1 Å². The average Bonchev–Trinajstić information content (AvgIpc) is 3.36. The Morgan fingerprint density at radius 2 is 2.00 bits per heavy atom. The van der Waals surface area contributed by atoms with E-state index >= 15 is 0 Å². The van der Waals surface area contributed by atoms with Crippen molar-refractivity contribution in [3.05, 3.63) is 56.7 Å². The van der Waals surface area contributed by atoms with E-state index in [4.69, 9.17) is 16.3 Å². The fourth-order valence-corrected chi connectivity index (χ4v) is 4.64. The fraction of sp³-hybridized carbons (Fsp3) is 0.364. The molecule has 1 aromatic heterocycles. The molecule has 1 atom stereocenters. The molecule has 0 saturated carbocycles. The highest BCUT2D eigenvalue weighted by molar-refractivity contribution is 7.10. The van der Waals surface area contributed by atoms with Crippen molar-refractivity contribution in [2.24, 2.45) is 0 Å². The molecule has 8 heteroatoms. The van der Waals surface area contributed by atoms with Crippen LogP contribution in [0.2, 0.25) is 5.02 Å². The van der Waals surface area contributed by atoms with Crippen LogP contribution in [0.3, 0.4) is 0 Å². The average molecular weight is 449 g/mol. The zero-order chi connectivity index (χ0) is 21.8. The number of amides is 1. The van der Waals surface area contributed by atoms with E-state index in [9.17, 15) is 14.7 Å². The lowest BCUT2D eigenvalue weighted by Crippen LogP contribution is -2.37. The summed E-state index contributed by atoms with van der Waals surface area (Å²) in [5.41, 5.74) is 0.464. The second-order valence-corrected chi connectivity index (χ2v) is 8.27.